The molecule has 1 aromatic carbocycles. The number of aryl methyl sites for hydroxylation is 1. The molecule has 0 aliphatic rings. The highest BCUT2D eigenvalue weighted by Crippen LogP contribution is 2.14. The Labute approximate surface area is 131 Å². The number of carbonyl (C=O) groups excluding carboxylic acids is 1. The van der Waals surface area contributed by atoms with Gasteiger partial charge >= 0.3 is 5.97 Å². The van der Waals surface area contributed by atoms with Gasteiger partial charge in [-0.2, -0.15) is 5.10 Å². The van der Waals surface area contributed by atoms with E-state index in [0.29, 0.717) is 6.61 Å². The SMILES string of the molecule is Cc1nn(CC(=O)OCc2ccccc2)c(C)c1CN(C)C. The number of hydrogen-bond donors (Lipinski definition) is 0. The number of rotatable bonds is 6. The molecule has 2 aromatic rings. The van der Waals surface area contributed by atoms with Crippen LogP contribution in [0, 0.1) is 13.8 Å². The largest absolute Gasteiger partial charge is 0.459 e. The zero-order valence-corrected chi connectivity index (χ0v) is 13.7. The fourth-order valence-electron chi connectivity index (χ4n) is 2.34. The lowest BCUT2D eigenvalue weighted by Crippen LogP contribution is -2.16. The van der Waals surface area contributed by atoms with Crippen LogP contribution < -0.4 is 0 Å². The van der Waals surface area contributed by atoms with Gasteiger partial charge in [-0.25, -0.2) is 0 Å². The molecule has 22 heavy (non-hydrogen) atoms. The molecule has 0 saturated heterocycles. The third-order valence-electron chi connectivity index (χ3n) is 3.53. The zero-order valence-electron chi connectivity index (χ0n) is 13.7. The Kier molecular flexibility index (Phi) is 5.33. The Morgan fingerprint density at radius 2 is 1.91 bits per heavy atom. The topological polar surface area (TPSA) is 47.4 Å². The van der Waals surface area contributed by atoms with Crippen molar-refractivity contribution in [3.63, 3.8) is 0 Å². The molecule has 118 valence electrons. The fraction of sp³-hybridized carbons (Fsp3) is 0.412. The number of carbonyl (C=O) groups is 1. The first-order valence-corrected chi connectivity index (χ1v) is 7.34. The molecule has 0 unspecified atom stereocenters. The second kappa shape index (κ2) is 7.22. The zero-order chi connectivity index (χ0) is 16.1. The van der Waals surface area contributed by atoms with Crippen molar-refractivity contribution in [1.29, 1.82) is 0 Å². The number of nitrogens with zero attached hydrogens (tertiary/aromatic N) is 3. The maximum atomic E-state index is 12.0. The van der Waals surface area contributed by atoms with Gasteiger partial charge in [-0.15, -0.1) is 0 Å². The van der Waals surface area contributed by atoms with Crippen LogP contribution >= 0.6 is 0 Å². The minimum Gasteiger partial charge on any atom is -0.459 e. The monoisotopic (exact) mass is 301 g/mol. The fourth-order valence-corrected chi connectivity index (χ4v) is 2.34. The maximum absolute atomic E-state index is 12.0. The van der Waals surface area contributed by atoms with Gasteiger partial charge in [0.15, 0.2) is 0 Å². The van der Waals surface area contributed by atoms with E-state index in [4.69, 9.17) is 4.74 Å². The van der Waals surface area contributed by atoms with Crippen molar-refractivity contribution in [2.75, 3.05) is 14.1 Å². The number of benzene rings is 1. The Morgan fingerprint density at radius 3 is 2.55 bits per heavy atom. The number of hydrogen-bond acceptors (Lipinski definition) is 4. The molecule has 0 N–H and O–H groups in total. The molecule has 2 rings (SSSR count). The first kappa shape index (κ1) is 16.2. The second-order valence-electron chi connectivity index (χ2n) is 5.69. The summed E-state index contributed by atoms with van der Waals surface area (Å²) in [6.45, 7) is 5.22. The van der Waals surface area contributed by atoms with Crippen LogP contribution in [0.15, 0.2) is 30.3 Å². The van der Waals surface area contributed by atoms with Crippen LogP contribution in [-0.4, -0.2) is 34.7 Å². The molecule has 0 radical (unpaired) electrons. The number of ether oxygens (including phenoxy) is 1. The smallest absolute Gasteiger partial charge is 0.328 e. The van der Waals surface area contributed by atoms with E-state index in [1.54, 1.807) is 4.68 Å². The quantitative estimate of drug-likeness (QED) is 0.768. The summed E-state index contributed by atoms with van der Waals surface area (Å²) < 4.78 is 7.03. The lowest BCUT2D eigenvalue weighted by molar-refractivity contribution is -0.145. The standard InChI is InChI=1S/C17H23N3O2/c1-13-16(10-19(3)4)14(2)20(18-13)11-17(21)22-12-15-8-6-5-7-9-15/h5-9H,10-12H2,1-4H3. The lowest BCUT2D eigenvalue weighted by atomic mass is 10.2. The van der Waals surface area contributed by atoms with Crippen LogP contribution in [0.3, 0.4) is 0 Å². The third kappa shape index (κ3) is 4.18. The molecule has 5 heteroatoms. The Bertz CT molecular complexity index is 633. The molecule has 1 heterocycles. The van der Waals surface area contributed by atoms with Crippen molar-refractivity contribution in [2.45, 2.75) is 33.5 Å². The Morgan fingerprint density at radius 1 is 1.23 bits per heavy atom. The molecule has 0 spiro atoms. The predicted molar refractivity (Wildman–Crippen MR) is 85.3 cm³/mol. The summed E-state index contributed by atoms with van der Waals surface area (Å²) >= 11 is 0. The average Bonchev–Trinajstić information content (AvgIpc) is 2.73. The number of aromatic nitrogens is 2. The van der Waals surface area contributed by atoms with E-state index >= 15 is 0 Å². The van der Waals surface area contributed by atoms with Gasteiger partial charge < -0.3 is 9.64 Å². The summed E-state index contributed by atoms with van der Waals surface area (Å²) in [6, 6.07) is 9.67. The summed E-state index contributed by atoms with van der Waals surface area (Å²) in [4.78, 5) is 14.1. The van der Waals surface area contributed by atoms with Crippen LogP contribution in [0.1, 0.15) is 22.5 Å². The average molecular weight is 301 g/mol. The van der Waals surface area contributed by atoms with Gasteiger partial charge in [0.25, 0.3) is 0 Å². The highest BCUT2D eigenvalue weighted by molar-refractivity contribution is 5.69. The van der Waals surface area contributed by atoms with Gasteiger partial charge in [-0.1, -0.05) is 30.3 Å². The summed E-state index contributed by atoms with van der Waals surface area (Å²) in [6.07, 6.45) is 0. The van der Waals surface area contributed by atoms with Gasteiger partial charge in [-0.3, -0.25) is 9.48 Å². The summed E-state index contributed by atoms with van der Waals surface area (Å²) in [5.41, 5.74) is 4.13. The summed E-state index contributed by atoms with van der Waals surface area (Å²) in [7, 11) is 4.04. The molecule has 5 nitrogen and oxygen atoms in total. The number of esters is 1. The second-order valence-corrected chi connectivity index (χ2v) is 5.69. The highest BCUT2D eigenvalue weighted by atomic mass is 16.5. The molecule has 0 bridgehead atoms. The molecule has 0 amide bonds. The van der Waals surface area contributed by atoms with Crippen molar-refractivity contribution in [3.05, 3.63) is 52.8 Å². The van der Waals surface area contributed by atoms with Gasteiger partial charge in [0.05, 0.1) is 5.69 Å². The Balaban J connectivity index is 1.97. The molecular formula is C17H23N3O2. The third-order valence-corrected chi connectivity index (χ3v) is 3.53. The predicted octanol–water partition coefficient (Wildman–Crippen LogP) is 2.30. The molecule has 1 aromatic heterocycles. The van der Waals surface area contributed by atoms with Crippen LogP contribution in [0.25, 0.3) is 0 Å². The van der Waals surface area contributed by atoms with E-state index in [2.05, 4.69) is 10.00 Å². The summed E-state index contributed by atoms with van der Waals surface area (Å²) in [5, 5.41) is 4.45. The van der Waals surface area contributed by atoms with E-state index < -0.39 is 0 Å². The molecule has 0 atom stereocenters. The minimum absolute atomic E-state index is 0.146. The van der Waals surface area contributed by atoms with Gasteiger partial charge in [0.1, 0.15) is 13.2 Å². The van der Waals surface area contributed by atoms with Crippen molar-refractivity contribution in [1.82, 2.24) is 14.7 Å². The van der Waals surface area contributed by atoms with Crippen LogP contribution in [0.4, 0.5) is 0 Å². The van der Waals surface area contributed by atoms with Crippen molar-refractivity contribution in [3.8, 4) is 0 Å². The van der Waals surface area contributed by atoms with E-state index in [-0.39, 0.29) is 12.5 Å². The molecule has 0 fully saturated rings. The Hall–Kier alpha value is -2.14. The van der Waals surface area contributed by atoms with Crippen molar-refractivity contribution in [2.24, 2.45) is 0 Å². The van der Waals surface area contributed by atoms with Crippen molar-refractivity contribution < 1.29 is 9.53 Å². The van der Waals surface area contributed by atoms with E-state index in [9.17, 15) is 4.79 Å². The normalized spacial score (nSPS) is 11.0. The first-order valence-electron chi connectivity index (χ1n) is 7.34. The van der Waals surface area contributed by atoms with Crippen LogP contribution in [0.2, 0.25) is 0 Å². The molecular weight excluding hydrogens is 278 g/mol. The lowest BCUT2D eigenvalue weighted by Gasteiger charge is -2.10. The van der Waals surface area contributed by atoms with Gasteiger partial charge in [0, 0.05) is 17.8 Å². The van der Waals surface area contributed by atoms with E-state index in [1.165, 1.54) is 5.56 Å². The van der Waals surface area contributed by atoms with Gasteiger partial charge in [0.2, 0.25) is 0 Å². The molecule has 0 aliphatic heterocycles. The van der Waals surface area contributed by atoms with Crippen LogP contribution in [-0.2, 0) is 29.2 Å². The van der Waals surface area contributed by atoms with Gasteiger partial charge in [-0.05, 0) is 33.5 Å². The minimum atomic E-state index is -0.272. The molecule has 0 saturated carbocycles. The highest BCUT2D eigenvalue weighted by Gasteiger charge is 2.15. The van der Waals surface area contributed by atoms with E-state index in [0.717, 1.165) is 23.5 Å². The van der Waals surface area contributed by atoms with Crippen LogP contribution in [0.5, 0.6) is 0 Å². The molecule has 0 aliphatic carbocycles. The summed E-state index contributed by atoms with van der Waals surface area (Å²) in [5.74, 6) is -0.272. The maximum Gasteiger partial charge on any atom is 0.328 e. The first-order chi connectivity index (χ1) is 10.5. The van der Waals surface area contributed by atoms with Crippen molar-refractivity contribution >= 4 is 5.97 Å². The van der Waals surface area contributed by atoms with E-state index in [1.807, 2.05) is 58.3 Å².